The normalized spacial score (nSPS) is 32.2. The van der Waals surface area contributed by atoms with Crippen molar-refractivity contribution in [3.05, 3.63) is 0 Å². The molecule has 8 heteroatoms. The summed E-state index contributed by atoms with van der Waals surface area (Å²) in [6.45, 7) is 15.5. The summed E-state index contributed by atoms with van der Waals surface area (Å²) in [6.07, 6.45) is 1.23. The van der Waals surface area contributed by atoms with Crippen LogP contribution in [0.1, 0.15) is 0 Å². The molecule has 0 amide bonds. The minimum Gasteiger partial charge on any atom is -0.329 e. The Hall–Kier alpha value is -0.320. The van der Waals surface area contributed by atoms with Gasteiger partial charge in [-0.05, 0) is 0 Å². The fourth-order valence-corrected chi connectivity index (χ4v) is 4.28. The predicted octanol–water partition coefficient (Wildman–Crippen LogP) is -3.02. The van der Waals surface area contributed by atoms with Gasteiger partial charge in [-0.2, -0.15) is 0 Å². The molecule has 4 fully saturated rings. The van der Waals surface area contributed by atoms with Crippen LogP contribution in [0, 0.1) is 0 Å². The van der Waals surface area contributed by atoms with Crippen molar-refractivity contribution < 1.29 is 0 Å². The number of fused-ring (bicyclic) bond motifs is 2. The van der Waals surface area contributed by atoms with E-state index in [1.807, 2.05) is 0 Å². The van der Waals surface area contributed by atoms with E-state index in [1.54, 1.807) is 0 Å². The van der Waals surface area contributed by atoms with Crippen LogP contribution >= 0.6 is 0 Å². The van der Waals surface area contributed by atoms with E-state index >= 15 is 0 Å². The van der Waals surface area contributed by atoms with Crippen molar-refractivity contribution >= 4 is 0 Å². The van der Waals surface area contributed by atoms with Gasteiger partial charge < -0.3 is 16.8 Å². The number of hydrogen-bond donors (Lipinski definition) is 4. The van der Waals surface area contributed by atoms with Crippen molar-refractivity contribution in [2.45, 2.75) is 12.3 Å². The molecule has 0 aliphatic carbocycles. The third-order valence-corrected chi connectivity index (χ3v) is 5.64. The van der Waals surface area contributed by atoms with Gasteiger partial charge in [-0.15, -0.1) is 0 Å². The summed E-state index contributed by atoms with van der Waals surface area (Å²) in [7, 11) is 0. The quantitative estimate of drug-likeness (QED) is 0.430. The molecule has 8 nitrogen and oxygen atoms in total. The molecule has 4 aliphatic rings. The highest BCUT2D eigenvalue weighted by Gasteiger charge is 2.32. The van der Waals surface area contributed by atoms with Gasteiger partial charge in [0.2, 0.25) is 0 Å². The highest BCUT2D eigenvalue weighted by Crippen LogP contribution is 2.14. The zero-order valence-corrected chi connectivity index (χ0v) is 15.0. The fourth-order valence-electron chi connectivity index (χ4n) is 4.28. The Bertz CT molecular complexity index is 368. The summed E-state index contributed by atoms with van der Waals surface area (Å²) in [6, 6.07) is 0. The lowest BCUT2D eigenvalue weighted by Gasteiger charge is -2.36. The molecule has 4 rings (SSSR count). The second-order valence-electron chi connectivity index (χ2n) is 7.14. The summed E-state index contributed by atoms with van der Waals surface area (Å²) < 4.78 is 0. The molecule has 24 heavy (non-hydrogen) atoms. The Morgan fingerprint density at radius 3 is 2.46 bits per heavy atom. The fraction of sp³-hybridized carbons (Fsp3) is 1.00. The van der Waals surface area contributed by atoms with Gasteiger partial charge in [0.15, 0.2) is 0 Å². The van der Waals surface area contributed by atoms with Gasteiger partial charge in [-0.3, -0.25) is 24.9 Å². The van der Waals surface area contributed by atoms with Crippen LogP contribution < -0.4 is 22.1 Å². The van der Waals surface area contributed by atoms with Crippen LogP contribution in [-0.4, -0.2) is 124 Å². The van der Waals surface area contributed by atoms with E-state index in [4.69, 9.17) is 11.5 Å². The first-order valence-corrected chi connectivity index (χ1v) is 9.60. The predicted molar refractivity (Wildman–Crippen MR) is 97.7 cm³/mol. The molecule has 140 valence electrons. The number of nitrogens with one attached hydrogen (secondary N) is 2. The number of nitrogens with two attached hydrogens (primary N) is 2. The Morgan fingerprint density at radius 1 is 0.833 bits per heavy atom. The van der Waals surface area contributed by atoms with Crippen molar-refractivity contribution in [3.63, 3.8) is 0 Å². The molecule has 0 radical (unpaired) electrons. The standard InChI is InChI=1S/2C8H18N4/c9-1-3-11-5-6-12-4-2-10-8(12)7-11;9-1-3-11-5-6-12-4-2-10-7-8(11)12/h2*8,10H,1-7,9H2. The van der Waals surface area contributed by atoms with E-state index < -0.39 is 0 Å². The van der Waals surface area contributed by atoms with Crippen molar-refractivity contribution in [3.8, 4) is 0 Å². The monoisotopic (exact) mass is 340 g/mol. The number of hydrogen-bond acceptors (Lipinski definition) is 8. The van der Waals surface area contributed by atoms with Gasteiger partial charge in [0, 0.05) is 91.6 Å². The lowest BCUT2D eigenvalue weighted by molar-refractivity contribution is 0.0985. The van der Waals surface area contributed by atoms with E-state index in [0.29, 0.717) is 12.3 Å². The van der Waals surface area contributed by atoms with Crippen LogP contribution in [0.2, 0.25) is 0 Å². The molecule has 2 unspecified atom stereocenters. The summed E-state index contributed by atoms with van der Waals surface area (Å²) in [5.41, 5.74) is 11.1. The van der Waals surface area contributed by atoms with Crippen molar-refractivity contribution in [2.24, 2.45) is 11.5 Å². The third kappa shape index (κ3) is 4.64. The first kappa shape index (κ1) is 18.5. The topological polar surface area (TPSA) is 89.1 Å². The summed E-state index contributed by atoms with van der Waals surface area (Å²) in [5.74, 6) is 0. The van der Waals surface area contributed by atoms with Crippen LogP contribution in [0.25, 0.3) is 0 Å². The van der Waals surface area contributed by atoms with Crippen LogP contribution in [0.3, 0.4) is 0 Å². The molecule has 4 heterocycles. The highest BCUT2D eigenvalue weighted by atomic mass is 15.4. The second-order valence-corrected chi connectivity index (χ2v) is 7.14. The second kappa shape index (κ2) is 9.40. The van der Waals surface area contributed by atoms with Gasteiger partial charge in [-0.25, -0.2) is 0 Å². The molecule has 0 spiro atoms. The Labute approximate surface area is 146 Å². The minimum atomic E-state index is 0.602. The van der Waals surface area contributed by atoms with E-state index in [-0.39, 0.29) is 0 Å². The maximum Gasteiger partial charge on any atom is 0.0752 e. The zero-order valence-electron chi connectivity index (χ0n) is 15.0. The molecule has 6 N–H and O–H groups in total. The molecule has 0 saturated carbocycles. The zero-order chi connectivity index (χ0) is 16.8. The molecule has 0 aromatic heterocycles. The van der Waals surface area contributed by atoms with Gasteiger partial charge in [0.25, 0.3) is 0 Å². The minimum absolute atomic E-state index is 0.602. The van der Waals surface area contributed by atoms with Crippen LogP contribution in [-0.2, 0) is 0 Å². The van der Waals surface area contributed by atoms with Gasteiger partial charge in [0.05, 0.1) is 12.3 Å². The van der Waals surface area contributed by atoms with E-state index in [1.165, 1.54) is 39.3 Å². The van der Waals surface area contributed by atoms with Crippen molar-refractivity contribution in [1.29, 1.82) is 0 Å². The summed E-state index contributed by atoms with van der Waals surface area (Å²) in [4.78, 5) is 9.99. The van der Waals surface area contributed by atoms with Crippen LogP contribution in [0.4, 0.5) is 0 Å². The van der Waals surface area contributed by atoms with Crippen LogP contribution in [0.15, 0.2) is 0 Å². The Kier molecular flexibility index (Phi) is 7.23. The molecule has 0 aromatic rings. The van der Waals surface area contributed by atoms with Crippen LogP contribution in [0.5, 0.6) is 0 Å². The maximum absolute atomic E-state index is 5.55. The Morgan fingerprint density at radius 2 is 1.62 bits per heavy atom. The average molecular weight is 341 g/mol. The van der Waals surface area contributed by atoms with E-state index in [2.05, 4.69) is 30.2 Å². The number of rotatable bonds is 4. The molecule has 4 aliphatic heterocycles. The smallest absolute Gasteiger partial charge is 0.0752 e. The first-order valence-electron chi connectivity index (χ1n) is 9.60. The van der Waals surface area contributed by atoms with Gasteiger partial charge in [0.1, 0.15) is 0 Å². The van der Waals surface area contributed by atoms with E-state index in [0.717, 1.165) is 52.4 Å². The summed E-state index contributed by atoms with van der Waals surface area (Å²) >= 11 is 0. The van der Waals surface area contributed by atoms with E-state index in [9.17, 15) is 0 Å². The maximum atomic E-state index is 5.55. The SMILES string of the molecule is NCCN1CCN2CCNC2C1.NCCN1CCN2CCNCC12. The van der Waals surface area contributed by atoms with Crippen molar-refractivity contribution in [1.82, 2.24) is 30.2 Å². The van der Waals surface area contributed by atoms with Crippen molar-refractivity contribution in [2.75, 3.05) is 91.6 Å². The number of nitrogens with zero attached hydrogens (tertiary/aromatic N) is 4. The largest absolute Gasteiger partial charge is 0.329 e. The lowest BCUT2D eigenvalue weighted by Crippen LogP contribution is -2.54. The third-order valence-electron chi connectivity index (χ3n) is 5.64. The van der Waals surface area contributed by atoms with Gasteiger partial charge >= 0.3 is 0 Å². The molecule has 2 atom stereocenters. The highest BCUT2D eigenvalue weighted by molar-refractivity contribution is 4.87. The molecule has 4 saturated heterocycles. The van der Waals surface area contributed by atoms with Gasteiger partial charge in [-0.1, -0.05) is 0 Å². The summed E-state index contributed by atoms with van der Waals surface area (Å²) in [5, 5.41) is 6.91. The Balaban J connectivity index is 0.000000141. The first-order chi connectivity index (χ1) is 11.8. The average Bonchev–Trinajstić information content (AvgIpc) is 3.23. The number of piperazine rings is 2. The molecule has 0 aromatic carbocycles. The molecular formula is C16H36N8. The molecular weight excluding hydrogens is 304 g/mol. The molecule has 0 bridgehead atoms. The lowest BCUT2D eigenvalue weighted by atomic mass is 10.3.